The predicted molar refractivity (Wildman–Crippen MR) is 110 cm³/mol. The Bertz CT molecular complexity index is 1130. The number of alkyl halides is 3. The topological polar surface area (TPSA) is 75.9 Å². The molecular weight excluding hydrogens is 421 g/mol. The summed E-state index contributed by atoms with van der Waals surface area (Å²) in [5, 5.41) is 11.6. The SMILES string of the molecule is Cc1cccc(C(=O)N2C3CCC2C(Nc2ccc(C(F)(F)F)cn2)C3)c1-n1nccn1. The molecule has 2 bridgehead atoms. The van der Waals surface area contributed by atoms with E-state index < -0.39 is 11.7 Å². The number of carbonyl (C=O) groups is 1. The number of hydrogen-bond acceptors (Lipinski definition) is 5. The molecule has 2 fully saturated rings. The van der Waals surface area contributed by atoms with Gasteiger partial charge in [-0.3, -0.25) is 4.79 Å². The molecule has 10 heteroatoms. The predicted octanol–water partition coefficient (Wildman–Crippen LogP) is 3.85. The van der Waals surface area contributed by atoms with Gasteiger partial charge in [-0.05, 0) is 49.9 Å². The Morgan fingerprint density at radius 3 is 2.59 bits per heavy atom. The third kappa shape index (κ3) is 3.49. The van der Waals surface area contributed by atoms with Gasteiger partial charge >= 0.3 is 6.18 Å². The second kappa shape index (κ2) is 7.61. The Morgan fingerprint density at radius 1 is 1.12 bits per heavy atom. The number of para-hydroxylation sites is 1. The highest BCUT2D eigenvalue weighted by atomic mass is 19.4. The van der Waals surface area contributed by atoms with Gasteiger partial charge in [-0.25, -0.2) is 4.98 Å². The van der Waals surface area contributed by atoms with E-state index >= 15 is 0 Å². The van der Waals surface area contributed by atoms with E-state index in [1.165, 1.54) is 10.9 Å². The summed E-state index contributed by atoms with van der Waals surface area (Å²) in [5.74, 6) is 0.290. The first-order valence-electron chi connectivity index (χ1n) is 10.4. The van der Waals surface area contributed by atoms with Crippen LogP contribution in [0.3, 0.4) is 0 Å². The summed E-state index contributed by atoms with van der Waals surface area (Å²) >= 11 is 0. The Morgan fingerprint density at radius 2 is 1.91 bits per heavy atom. The van der Waals surface area contributed by atoms with Crippen LogP contribution >= 0.6 is 0 Å². The van der Waals surface area contributed by atoms with Crippen LogP contribution in [0.1, 0.15) is 40.7 Å². The van der Waals surface area contributed by atoms with Crippen LogP contribution in [0.25, 0.3) is 5.69 Å². The molecule has 2 aliphatic rings. The Kier molecular flexibility index (Phi) is 4.87. The smallest absolute Gasteiger partial charge is 0.365 e. The lowest BCUT2D eigenvalue weighted by Crippen LogP contribution is -2.40. The Hall–Kier alpha value is -3.43. The molecule has 166 valence electrons. The van der Waals surface area contributed by atoms with Gasteiger partial charge in [-0.1, -0.05) is 12.1 Å². The molecule has 3 unspecified atom stereocenters. The average Bonchev–Trinajstić information content (AvgIpc) is 3.49. The first kappa shape index (κ1) is 20.5. The lowest BCUT2D eigenvalue weighted by Gasteiger charge is -2.26. The fourth-order valence-electron chi connectivity index (χ4n) is 4.86. The quantitative estimate of drug-likeness (QED) is 0.664. The van der Waals surface area contributed by atoms with Crippen molar-refractivity contribution < 1.29 is 18.0 Å². The summed E-state index contributed by atoms with van der Waals surface area (Å²) in [7, 11) is 0. The summed E-state index contributed by atoms with van der Waals surface area (Å²) in [6.45, 7) is 1.91. The van der Waals surface area contributed by atoms with Crippen molar-refractivity contribution in [3.63, 3.8) is 0 Å². The molecule has 7 nitrogen and oxygen atoms in total. The van der Waals surface area contributed by atoms with Gasteiger partial charge in [-0.15, -0.1) is 0 Å². The van der Waals surface area contributed by atoms with Crippen LogP contribution in [-0.4, -0.2) is 48.9 Å². The zero-order chi connectivity index (χ0) is 22.5. The van der Waals surface area contributed by atoms with E-state index in [4.69, 9.17) is 0 Å². The van der Waals surface area contributed by atoms with E-state index in [1.807, 2.05) is 24.0 Å². The number of carbonyl (C=O) groups excluding carboxylic acids is 1. The van der Waals surface area contributed by atoms with Crippen LogP contribution in [0.4, 0.5) is 19.0 Å². The van der Waals surface area contributed by atoms with Crippen molar-refractivity contribution in [1.82, 2.24) is 24.9 Å². The highest BCUT2D eigenvalue weighted by Crippen LogP contribution is 2.40. The lowest BCUT2D eigenvalue weighted by atomic mass is 9.95. The van der Waals surface area contributed by atoms with Crippen LogP contribution in [0, 0.1) is 6.92 Å². The van der Waals surface area contributed by atoms with E-state index in [-0.39, 0.29) is 24.0 Å². The molecule has 3 aromatic rings. The summed E-state index contributed by atoms with van der Waals surface area (Å²) in [5.41, 5.74) is 1.29. The molecular formula is C22H21F3N6O. The van der Waals surface area contributed by atoms with Gasteiger partial charge in [0.25, 0.3) is 5.91 Å². The molecule has 1 aromatic carbocycles. The number of fused-ring (bicyclic) bond motifs is 2. The van der Waals surface area contributed by atoms with E-state index in [0.717, 1.165) is 37.1 Å². The van der Waals surface area contributed by atoms with Crippen LogP contribution in [0.5, 0.6) is 0 Å². The maximum absolute atomic E-state index is 13.6. The van der Waals surface area contributed by atoms with Crippen molar-refractivity contribution in [2.24, 2.45) is 0 Å². The molecule has 32 heavy (non-hydrogen) atoms. The van der Waals surface area contributed by atoms with Crippen LogP contribution < -0.4 is 5.32 Å². The summed E-state index contributed by atoms with van der Waals surface area (Å²) < 4.78 is 38.4. The maximum Gasteiger partial charge on any atom is 0.417 e. The minimum absolute atomic E-state index is 0.0597. The molecule has 1 amide bonds. The van der Waals surface area contributed by atoms with Gasteiger partial charge in [0.05, 0.1) is 29.6 Å². The van der Waals surface area contributed by atoms with Gasteiger partial charge in [0.15, 0.2) is 0 Å². The molecule has 0 spiro atoms. The summed E-state index contributed by atoms with van der Waals surface area (Å²) in [6, 6.07) is 7.83. The molecule has 5 rings (SSSR count). The van der Waals surface area contributed by atoms with Crippen molar-refractivity contribution in [2.45, 2.75) is 50.5 Å². The number of hydrogen-bond donors (Lipinski definition) is 1. The number of benzene rings is 1. The number of aryl methyl sites for hydroxylation is 1. The molecule has 4 heterocycles. The van der Waals surface area contributed by atoms with Gasteiger partial charge < -0.3 is 10.2 Å². The minimum Gasteiger partial charge on any atom is -0.365 e. The van der Waals surface area contributed by atoms with Gasteiger partial charge in [0.1, 0.15) is 11.5 Å². The van der Waals surface area contributed by atoms with Gasteiger partial charge in [0.2, 0.25) is 0 Å². The van der Waals surface area contributed by atoms with Crippen molar-refractivity contribution in [1.29, 1.82) is 0 Å². The normalized spacial score (nSPS) is 22.4. The highest BCUT2D eigenvalue weighted by molar-refractivity contribution is 5.99. The zero-order valence-corrected chi connectivity index (χ0v) is 17.3. The number of amides is 1. The first-order chi connectivity index (χ1) is 15.3. The van der Waals surface area contributed by atoms with E-state index in [1.54, 1.807) is 18.5 Å². The largest absolute Gasteiger partial charge is 0.417 e. The second-order valence-corrected chi connectivity index (χ2v) is 8.22. The van der Waals surface area contributed by atoms with E-state index in [9.17, 15) is 18.0 Å². The summed E-state index contributed by atoms with van der Waals surface area (Å²) in [4.78, 5) is 20.9. The number of nitrogens with zero attached hydrogens (tertiary/aromatic N) is 5. The van der Waals surface area contributed by atoms with Gasteiger partial charge in [0, 0.05) is 18.3 Å². The maximum atomic E-state index is 13.6. The third-order valence-electron chi connectivity index (χ3n) is 6.28. The number of pyridine rings is 1. The molecule has 3 atom stereocenters. The zero-order valence-electron chi connectivity index (χ0n) is 17.3. The van der Waals surface area contributed by atoms with E-state index in [0.29, 0.717) is 17.1 Å². The summed E-state index contributed by atoms with van der Waals surface area (Å²) in [6.07, 6.45) is 1.99. The minimum atomic E-state index is -4.42. The third-order valence-corrected chi connectivity index (χ3v) is 6.28. The molecule has 2 saturated heterocycles. The highest BCUT2D eigenvalue weighted by Gasteiger charge is 2.49. The molecule has 0 aliphatic carbocycles. The fraction of sp³-hybridized carbons (Fsp3) is 0.364. The lowest BCUT2D eigenvalue weighted by molar-refractivity contribution is -0.137. The van der Waals surface area contributed by atoms with Crippen LogP contribution in [-0.2, 0) is 6.18 Å². The second-order valence-electron chi connectivity index (χ2n) is 8.22. The van der Waals surface area contributed by atoms with Crippen LogP contribution in [0.2, 0.25) is 0 Å². The number of aromatic nitrogens is 4. The molecule has 0 radical (unpaired) electrons. The van der Waals surface area contributed by atoms with Crippen molar-refractivity contribution in [3.05, 3.63) is 65.6 Å². The van der Waals surface area contributed by atoms with Gasteiger partial charge in [-0.2, -0.15) is 28.2 Å². The average molecular weight is 442 g/mol. The Labute approximate surface area is 182 Å². The molecule has 2 aromatic heterocycles. The molecule has 0 saturated carbocycles. The molecule has 1 N–H and O–H groups in total. The van der Waals surface area contributed by atoms with Crippen LogP contribution in [0.15, 0.2) is 48.9 Å². The number of nitrogens with one attached hydrogen (secondary N) is 1. The van der Waals surface area contributed by atoms with Crippen molar-refractivity contribution in [3.8, 4) is 5.69 Å². The number of halogens is 3. The number of rotatable bonds is 4. The standard InChI is InChI=1S/C22H21F3N6O/c1-13-3-2-4-16(20(13)31-27-9-10-28-31)21(32)30-15-6-7-18(30)17(11-15)29-19-8-5-14(12-26-19)22(23,24)25/h2-5,8-10,12,15,17-18H,6-7,11H2,1H3,(H,26,29). The Balaban J connectivity index is 1.38. The fourth-order valence-corrected chi connectivity index (χ4v) is 4.86. The molecule has 2 aliphatic heterocycles. The first-order valence-corrected chi connectivity index (χ1v) is 10.4. The van der Waals surface area contributed by atoms with Crippen molar-refractivity contribution >= 4 is 11.7 Å². The monoisotopic (exact) mass is 442 g/mol. The number of anilines is 1. The van der Waals surface area contributed by atoms with E-state index in [2.05, 4.69) is 20.5 Å². The van der Waals surface area contributed by atoms with Crippen molar-refractivity contribution in [2.75, 3.05) is 5.32 Å².